The first kappa shape index (κ1) is 32.9. The molecule has 0 spiro atoms. The zero-order valence-electron chi connectivity index (χ0n) is 28.9. The van der Waals surface area contributed by atoms with Crippen LogP contribution in [-0.2, 0) is 30.0 Å². The van der Waals surface area contributed by atoms with Gasteiger partial charge in [0.1, 0.15) is 11.5 Å². The van der Waals surface area contributed by atoms with Gasteiger partial charge in [0.2, 0.25) is 11.8 Å². The highest BCUT2D eigenvalue weighted by molar-refractivity contribution is 6.39. The van der Waals surface area contributed by atoms with Crippen LogP contribution < -0.4 is 14.4 Å². The number of amides is 2. The Bertz CT molecular complexity index is 2120. The molecule has 1 heterocycles. The van der Waals surface area contributed by atoms with Crippen molar-refractivity contribution in [1.29, 1.82) is 0 Å². The fraction of sp³-hybridized carbons (Fsp3) is 0.182. The fourth-order valence-electron chi connectivity index (χ4n) is 8.86. The van der Waals surface area contributed by atoms with Crippen molar-refractivity contribution in [1.82, 2.24) is 0 Å². The van der Waals surface area contributed by atoms with Crippen LogP contribution in [-0.4, -0.2) is 44.4 Å². The van der Waals surface area contributed by atoms with Gasteiger partial charge >= 0.3 is 5.97 Å². The summed E-state index contributed by atoms with van der Waals surface area (Å²) in [5.41, 5.74) is 1.56. The molecular weight excluding hydrogens is 654 g/mol. The molecule has 1 saturated carbocycles. The molecule has 5 aromatic rings. The highest BCUT2D eigenvalue weighted by Gasteiger charge is 2.82. The Morgan fingerprint density at radius 1 is 0.596 bits per heavy atom. The molecule has 1 saturated heterocycles. The molecular formula is C44H35NO7. The van der Waals surface area contributed by atoms with E-state index in [4.69, 9.17) is 14.2 Å². The van der Waals surface area contributed by atoms with E-state index in [2.05, 4.69) is 0 Å². The van der Waals surface area contributed by atoms with Crippen LogP contribution in [0, 0.1) is 11.8 Å². The number of hydrogen-bond donors (Lipinski definition) is 0. The van der Waals surface area contributed by atoms with Crippen molar-refractivity contribution in [3.05, 3.63) is 161 Å². The molecule has 52 heavy (non-hydrogen) atoms. The third-order valence-electron chi connectivity index (χ3n) is 10.8. The quantitative estimate of drug-likeness (QED) is 0.121. The van der Waals surface area contributed by atoms with Gasteiger partial charge in [0.25, 0.3) is 0 Å². The Balaban J connectivity index is 1.47. The molecule has 2 aliphatic carbocycles. The first-order valence-electron chi connectivity index (χ1n) is 17.2. The summed E-state index contributed by atoms with van der Waals surface area (Å²) in [5, 5.41) is 0. The maximum Gasteiger partial charge on any atom is 0.338 e. The van der Waals surface area contributed by atoms with E-state index in [1.807, 2.05) is 109 Å². The lowest BCUT2D eigenvalue weighted by Crippen LogP contribution is -2.45. The number of ketones is 1. The summed E-state index contributed by atoms with van der Waals surface area (Å²) in [6.07, 6.45) is 0. The lowest BCUT2D eigenvalue weighted by atomic mass is 9.59. The molecule has 2 bridgehead atoms. The molecule has 0 aromatic heterocycles. The Morgan fingerprint density at radius 3 is 1.40 bits per heavy atom. The number of fused-ring (bicyclic) bond motifs is 5. The number of rotatable bonds is 9. The molecule has 1 aliphatic heterocycles. The van der Waals surface area contributed by atoms with E-state index >= 15 is 14.4 Å². The van der Waals surface area contributed by atoms with Gasteiger partial charge in [-0.15, -0.1) is 0 Å². The van der Waals surface area contributed by atoms with Crippen LogP contribution in [0.4, 0.5) is 5.69 Å². The molecule has 0 unspecified atom stereocenters. The summed E-state index contributed by atoms with van der Waals surface area (Å²) >= 11 is 0. The van der Waals surface area contributed by atoms with Crippen molar-refractivity contribution in [2.24, 2.45) is 11.8 Å². The zero-order valence-corrected chi connectivity index (χ0v) is 28.9. The van der Waals surface area contributed by atoms with Gasteiger partial charge in [-0.2, -0.15) is 0 Å². The third kappa shape index (κ3) is 4.40. The van der Waals surface area contributed by atoms with E-state index in [0.717, 1.165) is 11.1 Å². The van der Waals surface area contributed by atoms with Gasteiger partial charge < -0.3 is 14.2 Å². The van der Waals surface area contributed by atoms with Crippen molar-refractivity contribution in [2.45, 2.75) is 17.8 Å². The van der Waals surface area contributed by atoms with E-state index in [1.54, 1.807) is 45.4 Å². The summed E-state index contributed by atoms with van der Waals surface area (Å²) in [4.78, 5) is 60.2. The number of nitrogens with zero attached hydrogens (tertiary/aromatic N) is 1. The summed E-state index contributed by atoms with van der Waals surface area (Å²) < 4.78 is 16.2. The molecule has 8 heteroatoms. The van der Waals surface area contributed by atoms with Crippen LogP contribution in [0.2, 0.25) is 0 Å². The number of allylic oxidation sites excluding steroid dienone is 2. The van der Waals surface area contributed by atoms with Crippen LogP contribution in [0.25, 0.3) is 11.1 Å². The summed E-state index contributed by atoms with van der Waals surface area (Å²) in [7, 11) is 3.18. The zero-order chi connectivity index (χ0) is 36.2. The fourth-order valence-corrected chi connectivity index (χ4v) is 8.86. The van der Waals surface area contributed by atoms with Gasteiger partial charge in [-0.1, -0.05) is 84.9 Å². The second-order valence-corrected chi connectivity index (χ2v) is 13.1. The second-order valence-electron chi connectivity index (χ2n) is 13.1. The molecule has 258 valence electrons. The van der Waals surface area contributed by atoms with E-state index in [0.29, 0.717) is 45.0 Å². The predicted octanol–water partition coefficient (Wildman–Crippen LogP) is 7.07. The maximum absolute atomic E-state index is 16.1. The predicted molar refractivity (Wildman–Crippen MR) is 196 cm³/mol. The number of hydrogen-bond acceptors (Lipinski definition) is 7. The van der Waals surface area contributed by atoms with Gasteiger partial charge in [0.05, 0.1) is 54.7 Å². The number of carbonyl (C=O) groups is 4. The van der Waals surface area contributed by atoms with Gasteiger partial charge in [0, 0.05) is 0 Å². The van der Waals surface area contributed by atoms with Crippen molar-refractivity contribution in [3.63, 3.8) is 0 Å². The Morgan fingerprint density at radius 2 is 1.02 bits per heavy atom. The minimum atomic E-state index is -1.56. The largest absolute Gasteiger partial charge is 0.497 e. The Kier molecular flexibility index (Phi) is 7.90. The minimum absolute atomic E-state index is 0.213. The normalized spacial score (nSPS) is 23.2. The van der Waals surface area contributed by atoms with Crippen LogP contribution in [0.1, 0.15) is 39.5 Å². The van der Waals surface area contributed by atoms with Gasteiger partial charge in [-0.25, -0.2) is 9.69 Å². The van der Waals surface area contributed by atoms with Crippen molar-refractivity contribution < 1.29 is 33.4 Å². The third-order valence-corrected chi connectivity index (χ3v) is 10.8. The molecule has 3 aliphatic rings. The van der Waals surface area contributed by atoms with E-state index < -0.39 is 40.4 Å². The van der Waals surface area contributed by atoms with Crippen molar-refractivity contribution in [2.75, 3.05) is 25.7 Å². The Labute approximate surface area is 301 Å². The topological polar surface area (TPSA) is 99.2 Å². The number of Topliss-reactive ketones (excluding diaryl/α,β-unsaturated/α-hetero) is 1. The molecule has 2 amide bonds. The van der Waals surface area contributed by atoms with E-state index in [1.165, 1.54) is 4.90 Å². The standard InChI is InChI=1S/C44H35NO7/c1-4-52-41(48)29-15-21-32(22-16-29)45-39(46)37-38(40(45)47)44(31-13-9-6-10-14-31)36(28-19-25-34(51-3)26-20-28)35(27-17-23-33(50-2)24-18-27)43(37,42(44)49)30-11-7-5-8-12-30/h5-26,37-38H,4H2,1-3H3/t37-,38-,43-,44-/m0/s1. The average molecular weight is 690 g/mol. The molecule has 0 N–H and O–H groups in total. The number of anilines is 1. The molecule has 8 rings (SSSR count). The molecule has 5 aromatic carbocycles. The summed E-state index contributed by atoms with van der Waals surface area (Å²) in [6, 6.07) is 40.0. The SMILES string of the molecule is CCOC(=O)c1ccc(N2C(=O)[C@@H]3[C@@H](C2=O)[C@@]2(c4ccccc4)C(=O)[C@@]3(c3ccccc3)C(c3ccc(OC)cc3)=C2c2ccc(OC)cc2)cc1. The average Bonchev–Trinajstić information content (AvgIpc) is 3.70. The summed E-state index contributed by atoms with van der Waals surface area (Å²) in [6.45, 7) is 1.94. The molecule has 0 radical (unpaired) electrons. The van der Waals surface area contributed by atoms with Crippen molar-refractivity contribution in [3.8, 4) is 11.5 Å². The number of carbonyl (C=O) groups excluding carboxylic acids is 4. The number of methoxy groups -OCH3 is 2. The van der Waals surface area contributed by atoms with Crippen LogP contribution in [0.5, 0.6) is 11.5 Å². The highest BCUT2D eigenvalue weighted by atomic mass is 16.5. The van der Waals surface area contributed by atoms with Gasteiger partial charge in [0.15, 0.2) is 5.78 Å². The van der Waals surface area contributed by atoms with E-state index in [9.17, 15) is 4.79 Å². The van der Waals surface area contributed by atoms with Gasteiger partial charge in [-0.05, 0) is 88.9 Å². The maximum atomic E-state index is 16.1. The molecule has 8 nitrogen and oxygen atoms in total. The van der Waals surface area contributed by atoms with Crippen LogP contribution >= 0.6 is 0 Å². The van der Waals surface area contributed by atoms with Gasteiger partial charge in [-0.3, -0.25) is 14.4 Å². The smallest absolute Gasteiger partial charge is 0.338 e. The van der Waals surface area contributed by atoms with Crippen molar-refractivity contribution >= 4 is 40.4 Å². The number of ether oxygens (including phenoxy) is 3. The highest BCUT2D eigenvalue weighted by Crippen LogP contribution is 2.74. The first-order chi connectivity index (χ1) is 25.3. The second kappa shape index (κ2) is 12.5. The summed E-state index contributed by atoms with van der Waals surface area (Å²) in [5.74, 6) is -2.57. The number of benzene rings is 5. The molecule has 2 fully saturated rings. The Hall–Kier alpha value is -6.28. The van der Waals surface area contributed by atoms with E-state index in [-0.39, 0.29) is 12.4 Å². The van der Waals surface area contributed by atoms with Crippen LogP contribution in [0.3, 0.4) is 0 Å². The number of imide groups is 1. The monoisotopic (exact) mass is 689 g/mol. The lowest BCUT2D eigenvalue weighted by Gasteiger charge is -2.39. The lowest BCUT2D eigenvalue weighted by molar-refractivity contribution is -0.130. The first-order valence-corrected chi connectivity index (χ1v) is 17.2. The minimum Gasteiger partial charge on any atom is -0.497 e. The number of esters is 1. The van der Waals surface area contributed by atoms with Crippen LogP contribution in [0.15, 0.2) is 133 Å². The molecule has 4 atom stereocenters.